The van der Waals surface area contributed by atoms with Gasteiger partial charge in [-0.05, 0) is 18.2 Å². The number of fused-ring (bicyclic) bond motifs is 2. The van der Waals surface area contributed by atoms with Gasteiger partial charge in [-0.15, -0.1) is 0 Å². The quantitative estimate of drug-likeness (QED) is 0.480. The first-order valence-electron chi connectivity index (χ1n) is 11.7. The number of benzene rings is 2. The Hall–Kier alpha value is -4.05. The third-order valence-corrected chi connectivity index (χ3v) is 6.23. The number of furan rings is 1. The van der Waals surface area contributed by atoms with Gasteiger partial charge in [0.2, 0.25) is 11.9 Å². The average Bonchev–Trinajstić information content (AvgIpc) is 3.29. The van der Waals surface area contributed by atoms with Crippen LogP contribution in [-0.2, 0) is 25.7 Å². The zero-order chi connectivity index (χ0) is 25.1. The van der Waals surface area contributed by atoms with E-state index in [4.69, 9.17) is 23.4 Å². The molecule has 2 aromatic carbocycles. The minimum Gasteiger partial charge on any atom is -0.485 e. The number of piperazine rings is 1. The van der Waals surface area contributed by atoms with Crippen molar-refractivity contribution in [3.05, 3.63) is 59.9 Å². The Kier molecular flexibility index (Phi) is 6.77. The van der Waals surface area contributed by atoms with E-state index in [1.165, 1.54) is 7.11 Å². The standard InChI is InChI=1S/C26H26N2O8/c1-32-14-18-17-6-2-3-7-19(17)36-24(18)26(31)34-16-23(29)27-10-12-28(13-11-27)25(30)22-15-33-20-8-4-5-9-21(20)35-22/h2-9,22H,10-16H2,1H3. The van der Waals surface area contributed by atoms with Crippen LogP contribution in [0.5, 0.6) is 11.5 Å². The van der Waals surface area contributed by atoms with E-state index in [2.05, 4.69) is 0 Å². The van der Waals surface area contributed by atoms with E-state index in [1.807, 2.05) is 24.3 Å². The highest BCUT2D eigenvalue weighted by molar-refractivity contribution is 5.97. The minimum absolute atomic E-state index is 0.0255. The molecule has 36 heavy (non-hydrogen) atoms. The lowest BCUT2D eigenvalue weighted by Crippen LogP contribution is -2.55. The number of hydrogen-bond donors (Lipinski definition) is 0. The number of nitrogens with zero attached hydrogens (tertiary/aromatic N) is 2. The SMILES string of the molecule is COCc1c(C(=O)OCC(=O)N2CCN(C(=O)C3COc4ccccc4O3)CC2)oc2ccccc12. The number of para-hydroxylation sites is 3. The van der Waals surface area contributed by atoms with Gasteiger partial charge in [0, 0.05) is 44.2 Å². The molecule has 1 unspecified atom stereocenters. The summed E-state index contributed by atoms with van der Waals surface area (Å²) in [5.41, 5.74) is 1.12. The number of carbonyl (C=O) groups excluding carboxylic acids is 3. The fourth-order valence-electron chi connectivity index (χ4n) is 4.36. The summed E-state index contributed by atoms with van der Waals surface area (Å²) in [6.45, 7) is 1.23. The summed E-state index contributed by atoms with van der Waals surface area (Å²) < 4.78 is 27.6. The van der Waals surface area contributed by atoms with E-state index in [1.54, 1.807) is 34.1 Å². The van der Waals surface area contributed by atoms with Crippen LogP contribution in [0.2, 0.25) is 0 Å². The monoisotopic (exact) mass is 494 g/mol. The molecule has 3 aromatic rings. The van der Waals surface area contributed by atoms with Gasteiger partial charge in [-0.3, -0.25) is 9.59 Å². The van der Waals surface area contributed by atoms with Gasteiger partial charge < -0.3 is 33.2 Å². The molecule has 1 fully saturated rings. The Labute approximate surface area is 207 Å². The van der Waals surface area contributed by atoms with Crippen molar-refractivity contribution in [2.75, 3.05) is 46.5 Å². The first kappa shape index (κ1) is 23.7. The maximum absolute atomic E-state index is 12.9. The average molecular weight is 495 g/mol. The van der Waals surface area contributed by atoms with Crippen molar-refractivity contribution in [3.8, 4) is 11.5 Å². The highest BCUT2D eigenvalue weighted by Crippen LogP contribution is 2.31. The van der Waals surface area contributed by atoms with E-state index in [-0.39, 0.29) is 30.8 Å². The fraction of sp³-hybridized carbons (Fsp3) is 0.346. The summed E-state index contributed by atoms with van der Waals surface area (Å²) in [5.74, 6) is -0.0726. The molecule has 188 valence electrons. The van der Waals surface area contributed by atoms with Crippen LogP contribution >= 0.6 is 0 Å². The van der Waals surface area contributed by atoms with Gasteiger partial charge in [0.25, 0.3) is 11.8 Å². The van der Waals surface area contributed by atoms with Crippen molar-refractivity contribution in [3.63, 3.8) is 0 Å². The van der Waals surface area contributed by atoms with Crippen LogP contribution in [0.3, 0.4) is 0 Å². The van der Waals surface area contributed by atoms with Crippen molar-refractivity contribution in [2.45, 2.75) is 12.7 Å². The Morgan fingerprint density at radius 1 is 0.944 bits per heavy atom. The molecule has 0 spiro atoms. The van der Waals surface area contributed by atoms with Crippen molar-refractivity contribution >= 4 is 28.8 Å². The van der Waals surface area contributed by atoms with Gasteiger partial charge in [0.1, 0.15) is 12.2 Å². The predicted octanol–water partition coefficient (Wildman–Crippen LogP) is 2.25. The van der Waals surface area contributed by atoms with Gasteiger partial charge >= 0.3 is 5.97 Å². The van der Waals surface area contributed by atoms with Crippen molar-refractivity contribution in [1.29, 1.82) is 0 Å². The van der Waals surface area contributed by atoms with Crippen LogP contribution in [0.4, 0.5) is 0 Å². The molecule has 0 aliphatic carbocycles. The van der Waals surface area contributed by atoms with Gasteiger partial charge in [-0.2, -0.15) is 0 Å². The summed E-state index contributed by atoms with van der Waals surface area (Å²) in [7, 11) is 1.52. The molecule has 1 aromatic heterocycles. The molecule has 0 radical (unpaired) electrons. The van der Waals surface area contributed by atoms with E-state index < -0.39 is 18.7 Å². The molecule has 2 aliphatic heterocycles. The molecule has 0 bridgehead atoms. The molecule has 2 amide bonds. The normalized spacial score (nSPS) is 17.2. The van der Waals surface area contributed by atoms with Crippen LogP contribution in [0.15, 0.2) is 52.9 Å². The second-order valence-corrected chi connectivity index (χ2v) is 8.49. The second kappa shape index (κ2) is 10.3. The Bertz CT molecular complexity index is 1280. The van der Waals surface area contributed by atoms with Gasteiger partial charge in [0.15, 0.2) is 18.1 Å². The maximum Gasteiger partial charge on any atom is 0.375 e. The fourth-order valence-corrected chi connectivity index (χ4v) is 4.36. The summed E-state index contributed by atoms with van der Waals surface area (Å²) in [5, 5.41) is 0.759. The zero-order valence-corrected chi connectivity index (χ0v) is 19.8. The lowest BCUT2D eigenvalue weighted by molar-refractivity contribution is -0.147. The summed E-state index contributed by atoms with van der Waals surface area (Å²) in [6, 6.07) is 14.4. The Morgan fingerprint density at radius 2 is 1.64 bits per heavy atom. The van der Waals surface area contributed by atoms with Crippen LogP contribution in [0, 0.1) is 0 Å². The number of esters is 1. The number of amides is 2. The molecular formula is C26H26N2O8. The molecule has 2 aliphatic rings. The van der Waals surface area contributed by atoms with Crippen LogP contribution in [0.25, 0.3) is 11.0 Å². The topological polar surface area (TPSA) is 108 Å². The third-order valence-electron chi connectivity index (χ3n) is 6.23. The molecule has 10 nitrogen and oxygen atoms in total. The van der Waals surface area contributed by atoms with Crippen molar-refractivity contribution < 1.29 is 37.7 Å². The lowest BCUT2D eigenvalue weighted by atomic mass is 10.1. The van der Waals surface area contributed by atoms with Crippen LogP contribution in [0.1, 0.15) is 16.1 Å². The first-order valence-corrected chi connectivity index (χ1v) is 11.7. The van der Waals surface area contributed by atoms with Gasteiger partial charge in [-0.25, -0.2) is 4.79 Å². The molecule has 0 saturated carbocycles. The molecular weight excluding hydrogens is 468 g/mol. The number of methoxy groups -OCH3 is 1. The number of carbonyl (C=O) groups is 3. The van der Waals surface area contributed by atoms with E-state index in [9.17, 15) is 14.4 Å². The Balaban J connectivity index is 1.13. The summed E-state index contributed by atoms with van der Waals surface area (Å²) in [4.78, 5) is 41.5. The minimum atomic E-state index is -0.729. The van der Waals surface area contributed by atoms with Crippen LogP contribution in [-0.4, -0.2) is 80.2 Å². The number of rotatable bonds is 6. The van der Waals surface area contributed by atoms with Crippen molar-refractivity contribution in [2.24, 2.45) is 0 Å². The highest BCUT2D eigenvalue weighted by atomic mass is 16.6. The predicted molar refractivity (Wildman–Crippen MR) is 127 cm³/mol. The van der Waals surface area contributed by atoms with E-state index in [0.717, 1.165) is 5.39 Å². The number of hydrogen-bond acceptors (Lipinski definition) is 8. The largest absolute Gasteiger partial charge is 0.485 e. The molecule has 1 atom stereocenters. The molecule has 10 heteroatoms. The van der Waals surface area contributed by atoms with Crippen LogP contribution < -0.4 is 9.47 Å². The zero-order valence-electron chi connectivity index (χ0n) is 19.8. The second-order valence-electron chi connectivity index (χ2n) is 8.49. The van der Waals surface area contributed by atoms with Gasteiger partial charge in [-0.1, -0.05) is 30.3 Å². The molecule has 5 rings (SSSR count). The Morgan fingerprint density at radius 3 is 2.42 bits per heavy atom. The lowest BCUT2D eigenvalue weighted by Gasteiger charge is -2.37. The molecule has 1 saturated heterocycles. The maximum atomic E-state index is 12.9. The van der Waals surface area contributed by atoms with Crippen molar-refractivity contribution in [1.82, 2.24) is 9.80 Å². The third kappa shape index (κ3) is 4.72. The van der Waals surface area contributed by atoms with E-state index in [0.29, 0.717) is 48.8 Å². The van der Waals surface area contributed by atoms with E-state index >= 15 is 0 Å². The number of ether oxygens (including phenoxy) is 4. The first-order chi connectivity index (χ1) is 17.5. The van der Waals surface area contributed by atoms with Gasteiger partial charge in [0.05, 0.1) is 6.61 Å². The smallest absolute Gasteiger partial charge is 0.375 e. The highest BCUT2D eigenvalue weighted by Gasteiger charge is 2.33. The summed E-state index contributed by atoms with van der Waals surface area (Å²) in [6.07, 6.45) is -0.729. The molecule has 3 heterocycles. The molecule has 0 N–H and O–H groups in total. The summed E-state index contributed by atoms with van der Waals surface area (Å²) >= 11 is 0.